The van der Waals surface area contributed by atoms with Gasteiger partial charge in [0.2, 0.25) is 5.91 Å². The fourth-order valence-electron chi connectivity index (χ4n) is 4.64. The van der Waals surface area contributed by atoms with Crippen LogP contribution in [0.25, 0.3) is 11.0 Å². The van der Waals surface area contributed by atoms with E-state index in [1.54, 1.807) is 6.07 Å². The number of anilines is 1. The lowest BCUT2D eigenvalue weighted by atomic mass is 9.70. The van der Waals surface area contributed by atoms with Crippen molar-refractivity contribution in [3.8, 4) is 0 Å². The first-order valence-electron chi connectivity index (χ1n) is 9.06. The van der Waals surface area contributed by atoms with Crippen LogP contribution in [0.15, 0.2) is 18.2 Å². The quantitative estimate of drug-likeness (QED) is 0.876. The Balaban J connectivity index is 1.66. The Labute approximate surface area is 152 Å². The van der Waals surface area contributed by atoms with Gasteiger partial charge in [0.05, 0.1) is 28.8 Å². The average molecular weight is 353 g/mol. The molecule has 26 heavy (non-hydrogen) atoms. The largest absolute Gasteiger partial charge is 0.481 e. The van der Waals surface area contributed by atoms with Crippen LogP contribution >= 0.6 is 0 Å². The highest BCUT2D eigenvalue weighted by Crippen LogP contribution is 2.66. The van der Waals surface area contributed by atoms with Crippen LogP contribution in [0.4, 0.5) is 5.69 Å². The highest BCUT2D eigenvalue weighted by molar-refractivity contribution is 5.94. The number of aromatic nitrogens is 2. The fraction of sp³-hybridized carbons (Fsp3) is 0.500. The Hall–Kier alpha value is -2.50. The Kier molecular flexibility index (Phi) is 3.58. The maximum absolute atomic E-state index is 11.9. The predicted molar refractivity (Wildman–Crippen MR) is 98.1 cm³/mol. The minimum Gasteiger partial charge on any atom is -0.481 e. The molecule has 2 N–H and O–H groups in total. The molecule has 0 radical (unpaired) electrons. The number of hydrogen-bond donors (Lipinski definition) is 2. The number of carboxylic acid groups (broad SMARTS) is 1. The summed E-state index contributed by atoms with van der Waals surface area (Å²) >= 11 is 0. The van der Waals surface area contributed by atoms with Crippen LogP contribution in [-0.4, -0.2) is 27.0 Å². The third kappa shape index (κ3) is 2.31. The van der Waals surface area contributed by atoms with Crippen molar-refractivity contribution < 1.29 is 14.7 Å². The van der Waals surface area contributed by atoms with Crippen molar-refractivity contribution in [3.63, 3.8) is 0 Å². The SMILES string of the molecule is CC12CCC(c3nc4cc(NC(=O)CCC(=O)O)ccc4nc31)C2(C)C. The van der Waals surface area contributed by atoms with E-state index in [2.05, 4.69) is 26.1 Å². The number of aliphatic carboxylic acids is 1. The number of carbonyl (C=O) groups excluding carboxylic acids is 1. The normalized spacial score (nSPS) is 25.3. The van der Waals surface area contributed by atoms with Crippen LogP contribution < -0.4 is 5.32 Å². The molecule has 1 aromatic heterocycles. The molecule has 1 fully saturated rings. The van der Waals surface area contributed by atoms with Gasteiger partial charge in [0, 0.05) is 23.4 Å². The van der Waals surface area contributed by atoms with E-state index >= 15 is 0 Å². The van der Waals surface area contributed by atoms with Gasteiger partial charge in [-0.25, -0.2) is 9.97 Å². The average Bonchev–Trinajstić information content (AvgIpc) is 2.90. The minimum atomic E-state index is -0.980. The van der Waals surface area contributed by atoms with E-state index in [1.807, 2.05) is 12.1 Å². The molecule has 1 heterocycles. The van der Waals surface area contributed by atoms with E-state index in [9.17, 15) is 9.59 Å². The standard InChI is InChI=1S/C20H23N3O3/c1-19(2)12-8-9-20(19,3)18-17(12)22-14-10-11(4-5-13(14)23-18)21-15(24)6-7-16(25)26/h4-5,10,12H,6-9H2,1-3H3,(H,21,24)(H,25,26). The van der Waals surface area contributed by atoms with Gasteiger partial charge < -0.3 is 10.4 Å². The van der Waals surface area contributed by atoms with Gasteiger partial charge in [-0.15, -0.1) is 0 Å². The van der Waals surface area contributed by atoms with Gasteiger partial charge in [-0.3, -0.25) is 9.59 Å². The molecule has 2 unspecified atom stereocenters. The lowest BCUT2D eigenvalue weighted by molar-refractivity contribution is -0.138. The summed E-state index contributed by atoms with van der Waals surface area (Å²) in [6.07, 6.45) is 2.07. The molecule has 0 saturated heterocycles. The lowest BCUT2D eigenvalue weighted by Gasteiger charge is -2.34. The molecule has 1 saturated carbocycles. The summed E-state index contributed by atoms with van der Waals surface area (Å²) in [4.78, 5) is 32.3. The molecule has 1 aromatic carbocycles. The summed E-state index contributed by atoms with van der Waals surface area (Å²) in [6, 6.07) is 5.49. The molecule has 1 amide bonds. The van der Waals surface area contributed by atoms with Crippen LogP contribution in [0.1, 0.15) is 63.8 Å². The maximum Gasteiger partial charge on any atom is 0.303 e. The van der Waals surface area contributed by atoms with Gasteiger partial charge in [0.1, 0.15) is 0 Å². The lowest BCUT2D eigenvalue weighted by Crippen LogP contribution is -2.31. The number of amides is 1. The van der Waals surface area contributed by atoms with Gasteiger partial charge in [-0.05, 0) is 36.5 Å². The van der Waals surface area contributed by atoms with E-state index in [0.717, 1.165) is 35.3 Å². The monoisotopic (exact) mass is 353 g/mol. The van der Waals surface area contributed by atoms with Gasteiger partial charge >= 0.3 is 5.97 Å². The number of rotatable bonds is 4. The first kappa shape index (κ1) is 16.9. The Bertz CT molecular complexity index is 937. The van der Waals surface area contributed by atoms with E-state index < -0.39 is 5.97 Å². The van der Waals surface area contributed by atoms with E-state index in [0.29, 0.717) is 11.6 Å². The van der Waals surface area contributed by atoms with Crippen molar-refractivity contribution in [2.24, 2.45) is 5.41 Å². The van der Waals surface area contributed by atoms with Crippen LogP contribution in [0.3, 0.4) is 0 Å². The smallest absolute Gasteiger partial charge is 0.303 e. The third-order valence-electron chi connectivity index (χ3n) is 6.62. The molecule has 0 spiro atoms. The van der Waals surface area contributed by atoms with Gasteiger partial charge in [0.25, 0.3) is 0 Å². The van der Waals surface area contributed by atoms with E-state index in [1.165, 1.54) is 0 Å². The van der Waals surface area contributed by atoms with Crippen LogP contribution in [0.2, 0.25) is 0 Å². The summed E-state index contributed by atoms with van der Waals surface area (Å²) in [5, 5.41) is 11.4. The molecule has 2 atom stereocenters. The second kappa shape index (κ2) is 5.50. The minimum absolute atomic E-state index is 0.0438. The highest BCUT2D eigenvalue weighted by atomic mass is 16.4. The molecule has 6 nitrogen and oxygen atoms in total. The summed E-state index contributed by atoms with van der Waals surface area (Å²) in [7, 11) is 0. The molecule has 0 aliphatic heterocycles. The molecular formula is C20H23N3O3. The number of carboxylic acids is 1. The molecule has 2 bridgehead atoms. The van der Waals surface area contributed by atoms with Crippen molar-refractivity contribution in [2.45, 2.75) is 57.8 Å². The maximum atomic E-state index is 11.9. The zero-order chi connectivity index (χ0) is 18.7. The second-order valence-corrected chi connectivity index (χ2v) is 8.25. The summed E-state index contributed by atoms with van der Waals surface area (Å²) < 4.78 is 0. The predicted octanol–water partition coefficient (Wildman–Crippen LogP) is 3.61. The summed E-state index contributed by atoms with van der Waals surface area (Å²) in [6.45, 7) is 6.93. The van der Waals surface area contributed by atoms with Crippen LogP contribution in [0, 0.1) is 5.41 Å². The number of benzene rings is 1. The fourth-order valence-corrected chi connectivity index (χ4v) is 4.64. The highest BCUT2D eigenvalue weighted by Gasteiger charge is 2.61. The number of nitrogens with zero attached hydrogens (tertiary/aromatic N) is 2. The Morgan fingerprint density at radius 2 is 1.96 bits per heavy atom. The summed E-state index contributed by atoms with van der Waals surface area (Å²) in [5.41, 5.74) is 4.67. The van der Waals surface area contributed by atoms with Crippen molar-refractivity contribution >= 4 is 28.6 Å². The molecule has 6 heteroatoms. The van der Waals surface area contributed by atoms with Crippen molar-refractivity contribution in [1.82, 2.24) is 9.97 Å². The van der Waals surface area contributed by atoms with Crippen LogP contribution in [-0.2, 0) is 15.0 Å². The molecule has 2 aliphatic carbocycles. The Morgan fingerprint density at radius 1 is 1.19 bits per heavy atom. The van der Waals surface area contributed by atoms with E-state index in [4.69, 9.17) is 15.1 Å². The number of fused-ring (bicyclic) bond motifs is 6. The van der Waals surface area contributed by atoms with Gasteiger partial charge in [-0.1, -0.05) is 20.8 Å². The topological polar surface area (TPSA) is 92.2 Å². The van der Waals surface area contributed by atoms with Crippen molar-refractivity contribution in [1.29, 1.82) is 0 Å². The first-order chi connectivity index (χ1) is 12.2. The number of nitrogens with one attached hydrogen (secondary N) is 1. The molecular weight excluding hydrogens is 330 g/mol. The zero-order valence-corrected chi connectivity index (χ0v) is 15.3. The second-order valence-electron chi connectivity index (χ2n) is 8.25. The molecule has 4 rings (SSSR count). The number of hydrogen-bond acceptors (Lipinski definition) is 4. The van der Waals surface area contributed by atoms with Gasteiger partial charge in [-0.2, -0.15) is 0 Å². The van der Waals surface area contributed by atoms with Gasteiger partial charge in [0.15, 0.2) is 0 Å². The molecule has 2 aromatic rings. The summed E-state index contributed by atoms with van der Waals surface area (Å²) in [5.74, 6) is -0.868. The Morgan fingerprint density at radius 3 is 2.69 bits per heavy atom. The zero-order valence-electron chi connectivity index (χ0n) is 15.3. The molecule has 136 valence electrons. The first-order valence-corrected chi connectivity index (χ1v) is 9.06. The van der Waals surface area contributed by atoms with Crippen molar-refractivity contribution in [3.05, 3.63) is 29.6 Å². The number of carbonyl (C=O) groups is 2. The molecule has 2 aliphatic rings. The van der Waals surface area contributed by atoms with Crippen LogP contribution in [0.5, 0.6) is 0 Å². The van der Waals surface area contributed by atoms with Crippen molar-refractivity contribution in [2.75, 3.05) is 5.32 Å². The van der Waals surface area contributed by atoms with E-state index in [-0.39, 0.29) is 29.6 Å². The third-order valence-corrected chi connectivity index (χ3v) is 6.62.